The monoisotopic (exact) mass is 304 g/mol. The molecule has 1 aromatic carbocycles. The van der Waals surface area contributed by atoms with Crippen LogP contribution in [0.4, 0.5) is 13.2 Å². The lowest BCUT2D eigenvalue weighted by molar-refractivity contribution is -0.137. The van der Waals surface area contributed by atoms with Gasteiger partial charge in [0.1, 0.15) is 6.54 Å². The van der Waals surface area contributed by atoms with Crippen molar-refractivity contribution in [1.29, 1.82) is 0 Å². The Kier molecular flexibility index (Phi) is 3.47. The molecule has 4 nitrogen and oxygen atoms in total. The van der Waals surface area contributed by atoms with Crippen LogP contribution in [-0.4, -0.2) is 10.5 Å². The molecule has 0 saturated carbocycles. The van der Waals surface area contributed by atoms with Gasteiger partial charge in [0.15, 0.2) is 5.43 Å². The number of carbonyl (C=O) groups is 1. The van der Waals surface area contributed by atoms with Gasteiger partial charge in [0.25, 0.3) is 0 Å². The Bertz CT molecular complexity index is 753. The number of nitrogens with zero attached hydrogens (tertiary/aromatic N) is 1. The van der Waals surface area contributed by atoms with E-state index in [1.54, 1.807) is 0 Å². The summed E-state index contributed by atoms with van der Waals surface area (Å²) in [7, 11) is 0. The molecule has 1 amide bonds. The molecule has 1 aromatic heterocycles. The topological polar surface area (TPSA) is 65.1 Å². The normalized spacial score (nSPS) is 11.8. The maximum absolute atomic E-state index is 12.8. The number of hydrogen-bond acceptors (Lipinski definition) is 2. The van der Waals surface area contributed by atoms with E-state index in [0.29, 0.717) is 0 Å². The van der Waals surface area contributed by atoms with E-state index in [-0.39, 0.29) is 17.4 Å². The predicted molar refractivity (Wildman–Crippen MR) is 67.4 cm³/mol. The van der Waals surface area contributed by atoms with E-state index in [0.717, 1.165) is 18.2 Å². The van der Waals surface area contributed by atoms with Gasteiger partial charge >= 0.3 is 6.18 Å². The van der Waals surface area contributed by atoms with Crippen LogP contribution in [0.2, 0.25) is 5.02 Å². The standard InChI is InChI=1S/C12H8ClF3N2O2/c13-8-3-6-9(4-7(8)12(14,15)16)18(5-11(17)20)2-1-10(6)19/h1-4H,5H2,(H2,17,20). The lowest BCUT2D eigenvalue weighted by Gasteiger charge is -2.13. The van der Waals surface area contributed by atoms with Gasteiger partial charge in [-0.25, -0.2) is 0 Å². The summed E-state index contributed by atoms with van der Waals surface area (Å²) in [5.41, 5.74) is 3.41. The Balaban J connectivity index is 2.82. The van der Waals surface area contributed by atoms with Gasteiger partial charge in [0, 0.05) is 17.6 Å². The third kappa shape index (κ3) is 2.62. The highest BCUT2D eigenvalue weighted by atomic mass is 35.5. The SMILES string of the molecule is NC(=O)Cn1ccc(=O)c2cc(Cl)c(C(F)(F)F)cc21. The second-order valence-corrected chi connectivity index (χ2v) is 4.53. The Morgan fingerprint density at radius 3 is 2.55 bits per heavy atom. The molecule has 2 rings (SSSR count). The molecule has 0 aliphatic rings. The molecule has 2 aromatic rings. The first kappa shape index (κ1) is 14.4. The van der Waals surface area contributed by atoms with Crippen molar-refractivity contribution in [2.24, 2.45) is 5.73 Å². The molecule has 0 unspecified atom stereocenters. The number of hydrogen-bond donors (Lipinski definition) is 1. The van der Waals surface area contributed by atoms with Gasteiger partial charge in [-0.2, -0.15) is 13.2 Å². The summed E-state index contributed by atoms with van der Waals surface area (Å²) in [5.74, 6) is -0.738. The molecule has 2 N–H and O–H groups in total. The first-order valence-electron chi connectivity index (χ1n) is 5.38. The quantitative estimate of drug-likeness (QED) is 0.924. The number of amides is 1. The fourth-order valence-corrected chi connectivity index (χ4v) is 2.12. The van der Waals surface area contributed by atoms with Gasteiger partial charge in [0.05, 0.1) is 16.1 Å². The number of halogens is 4. The van der Waals surface area contributed by atoms with Crippen molar-refractivity contribution >= 4 is 28.4 Å². The van der Waals surface area contributed by atoms with Gasteiger partial charge < -0.3 is 10.3 Å². The van der Waals surface area contributed by atoms with E-state index in [2.05, 4.69) is 0 Å². The molecule has 0 saturated heterocycles. The summed E-state index contributed by atoms with van der Waals surface area (Å²) < 4.78 is 39.6. The highest BCUT2D eigenvalue weighted by Gasteiger charge is 2.33. The molecular weight excluding hydrogens is 297 g/mol. The zero-order valence-corrected chi connectivity index (χ0v) is 10.6. The molecule has 0 fully saturated rings. The molecule has 1 heterocycles. The Morgan fingerprint density at radius 1 is 1.35 bits per heavy atom. The van der Waals surface area contributed by atoms with E-state index >= 15 is 0 Å². The van der Waals surface area contributed by atoms with Crippen molar-refractivity contribution in [2.75, 3.05) is 0 Å². The summed E-state index contributed by atoms with van der Waals surface area (Å²) in [5, 5.41) is -0.578. The van der Waals surface area contributed by atoms with Crippen LogP contribution >= 0.6 is 11.6 Å². The van der Waals surface area contributed by atoms with E-state index in [1.807, 2.05) is 0 Å². The third-order valence-corrected chi connectivity index (χ3v) is 3.01. The molecular formula is C12H8ClF3N2O2. The van der Waals surface area contributed by atoms with Crippen LogP contribution in [-0.2, 0) is 17.5 Å². The number of pyridine rings is 1. The Hall–Kier alpha value is -2.02. The van der Waals surface area contributed by atoms with E-state index < -0.39 is 28.1 Å². The molecule has 106 valence electrons. The van der Waals surface area contributed by atoms with Crippen molar-refractivity contribution in [3.63, 3.8) is 0 Å². The fourth-order valence-electron chi connectivity index (χ4n) is 1.85. The maximum atomic E-state index is 12.8. The molecule has 0 atom stereocenters. The zero-order valence-electron chi connectivity index (χ0n) is 9.87. The maximum Gasteiger partial charge on any atom is 0.417 e. The van der Waals surface area contributed by atoms with Crippen molar-refractivity contribution in [1.82, 2.24) is 4.57 Å². The number of benzene rings is 1. The number of aromatic nitrogens is 1. The average molecular weight is 305 g/mol. The minimum Gasteiger partial charge on any atom is -0.368 e. The molecule has 0 radical (unpaired) electrons. The van der Waals surface area contributed by atoms with Crippen molar-refractivity contribution in [2.45, 2.75) is 12.7 Å². The highest BCUT2D eigenvalue weighted by molar-refractivity contribution is 6.32. The average Bonchev–Trinajstić information content (AvgIpc) is 2.30. The first-order valence-corrected chi connectivity index (χ1v) is 5.76. The summed E-state index contributed by atoms with van der Waals surface area (Å²) in [6.07, 6.45) is -3.45. The van der Waals surface area contributed by atoms with Crippen LogP contribution in [0.15, 0.2) is 29.2 Å². The largest absolute Gasteiger partial charge is 0.417 e. The van der Waals surface area contributed by atoms with Gasteiger partial charge in [-0.1, -0.05) is 11.6 Å². The van der Waals surface area contributed by atoms with Crippen LogP contribution in [0.5, 0.6) is 0 Å². The Morgan fingerprint density at radius 2 is 2.00 bits per heavy atom. The van der Waals surface area contributed by atoms with Crippen LogP contribution < -0.4 is 11.2 Å². The summed E-state index contributed by atoms with van der Waals surface area (Å²) in [4.78, 5) is 22.6. The highest BCUT2D eigenvalue weighted by Crippen LogP contribution is 2.36. The van der Waals surface area contributed by atoms with Crippen molar-refractivity contribution in [3.05, 3.63) is 45.2 Å². The van der Waals surface area contributed by atoms with Gasteiger partial charge in [-0.3, -0.25) is 9.59 Å². The minimum atomic E-state index is -4.66. The van der Waals surface area contributed by atoms with Gasteiger partial charge in [-0.05, 0) is 12.1 Å². The van der Waals surface area contributed by atoms with Crippen LogP contribution in [0.3, 0.4) is 0 Å². The smallest absolute Gasteiger partial charge is 0.368 e. The predicted octanol–water partition coefficient (Wildman–Crippen LogP) is 2.16. The number of rotatable bonds is 2. The first-order chi connectivity index (χ1) is 9.20. The van der Waals surface area contributed by atoms with Crippen molar-refractivity contribution < 1.29 is 18.0 Å². The van der Waals surface area contributed by atoms with E-state index in [4.69, 9.17) is 17.3 Å². The van der Waals surface area contributed by atoms with Crippen LogP contribution in [0, 0.1) is 0 Å². The van der Waals surface area contributed by atoms with Gasteiger partial charge in [0.2, 0.25) is 5.91 Å². The number of carbonyl (C=O) groups excluding carboxylic acids is 1. The third-order valence-electron chi connectivity index (χ3n) is 2.70. The molecule has 0 aliphatic heterocycles. The summed E-state index contributed by atoms with van der Waals surface area (Å²) in [6, 6.07) is 2.82. The number of nitrogens with two attached hydrogens (primary N) is 1. The van der Waals surface area contributed by atoms with Crippen LogP contribution in [0.25, 0.3) is 10.9 Å². The lowest BCUT2D eigenvalue weighted by Crippen LogP contribution is -2.20. The number of alkyl halides is 3. The molecule has 0 aliphatic carbocycles. The van der Waals surface area contributed by atoms with E-state index in [9.17, 15) is 22.8 Å². The molecule has 0 bridgehead atoms. The zero-order chi connectivity index (χ0) is 15.1. The summed E-state index contributed by atoms with van der Waals surface area (Å²) in [6.45, 7) is -0.338. The molecule has 0 spiro atoms. The minimum absolute atomic E-state index is 0.00764. The second kappa shape index (κ2) is 4.82. The molecule has 8 heteroatoms. The Labute approximate surface area is 115 Å². The van der Waals surface area contributed by atoms with Gasteiger partial charge in [-0.15, -0.1) is 0 Å². The number of fused-ring (bicyclic) bond motifs is 1. The lowest BCUT2D eigenvalue weighted by atomic mass is 10.1. The van der Waals surface area contributed by atoms with E-state index in [1.165, 1.54) is 10.8 Å². The summed E-state index contributed by atoms with van der Waals surface area (Å²) >= 11 is 5.56. The van der Waals surface area contributed by atoms with Crippen molar-refractivity contribution in [3.8, 4) is 0 Å². The second-order valence-electron chi connectivity index (χ2n) is 4.12. The molecule has 20 heavy (non-hydrogen) atoms. The number of primary amides is 1. The fraction of sp³-hybridized carbons (Fsp3) is 0.167. The van der Waals surface area contributed by atoms with Crippen LogP contribution in [0.1, 0.15) is 5.56 Å².